The highest BCUT2D eigenvalue weighted by Crippen LogP contribution is 2.28. The molecule has 0 saturated heterocycles. The van der Waals surface area contributed by atoms with Crippen LogP contribution in [-0.4, -0.2) is 11.9 Å². The zero-order valence-electron chi connectivity index (χ0n) is 13.6. The van der Waals surface area contributed by atoms with Crippen molar-refractivity contribution in [1.82, 2.24) is 0 Å². The maximum absolute atomic E-state index is 12.1. The maximum Gasteiger partial charge on any atom is 0.363 e. The van der Waals surface area contributed by atoms with Crippen LogP contribution in [0.15, 0.2) is 69.7 Å². The predicted octanol–water partition coefficient (Wildman–Crippen LogP) is 6.25. The molecule has 0 aliphatic carbocycles. The van der Waals surface area contributed by atoms with E-state index in [2.05, 4.69) is 4.99 Å². The minimum Gasteiger partial charge on any atom is -0.457 e. The lowest BCUT2D eigenvalue weighted by atomic mass is 10.2. The van der Waals surface area contributed by atoms with Gasteiger partial charge < -0.3 is 9.15 Å². The third-order valence-electron chi connectivity index (χ3n) is 3.81. The lowest BCUT2D eigenvalue weighted by Gasteiger charge is -2.02. The summed E-state index contributed by atoms with van der Waals surface area (Å²) in [6, 6.07) is 15.6. The summed E-state index contributed by atoms with van der Waals surface area (Å²) >= 11 is 18.0. The van der Waals surface area contributed by atoms with Crippen molar-refractivity contribution in [3.8, 4) is 11.3 Å². The SMILES string of the molecule is O=C1OC(c2cc(Cl)ccc2Cl)=NC1=Cc1ccc(-c2ccc(Cl)cc2)o1. The fraction of sp³-hybridized carbons (Fsp3) is 0. The van der Waals surface area contributed by atoms with Crippen molar-refractivity contribution in [2.75, 3.05) is 0 Å². The second kappa shape index (κ2) is 7.24. The first-order chi connectivity index (χ1) is 13.0. The van der Waals surface area contributed by atoms with Crippen molar-refractivity contribution in [1.29, 1.82) is 0 Å². The number of benzene rings is 2. The Balaban J connectivity index is 1.64. The van der Waals surface area contributed by atoms with E-state index >= 15 is 0 Å². The van der Waals surface area contributed by atoms with Gasteiger partial charge in [-0.3, -0.25) is 0 Å². The molecule has 1 aliphatic heterocycles. The van der Waals surface area contributed by atoms with Crippen molar-refractivity contribution in [2.45, 2.75) is 0 Å². The summed E-state index contributed by atoms with van der Waals surface area (Å²) in [5.41, 5.74) is 1.42. The predicted molar refractivity (Wildman–Crippen MR) is 106 cm³/mol. The Morgan fingerprint density at radius 2 is 1.63 bits per heavy atom. The summed E-state index contributed by atoms with van der Waals surface area (Å²) in [7, 11) is 0. The molecule has 3 aromatic rings. The minimum absolute atomic E-state index is 0.100. The number of halogens is 3. The van der Waals surface area contributed by atoms with Gasteiger partial charge in [0, 0.05) is 21.7 Å². The average Bonchev–Trinajstić information content (AvgIpc) is 3.25. The summed E-state index contributed by atoms with van der Waals surface area (Å²) in [5.74, 6) is 0.620. The molecule has 0 bridgehead atoms. The second-order valence-corrected chi connectivity index (χ2v) is 6.95. The number of carbonyl (C=O) groups excluding carboxylic acids is 1. The van der Waals surface area contributed by atoms with Crippen molar-refractivity contribution in [3.63, 3.8) is 0 Å². The van der Waals surface area contributed by atoms with Crippen LogP contribution in [0, 0.1) is 0 Å². The van der Waals surface area contributed by atoms with E-state index in [1.807, 2.05) is 12.1 Å². The number of hydrogen-bond acceptors (Lipinski definition) is 4. The summed E-state index contributed by atoms with van der Waals surface area (Å²) in [6.07, 6.45) is 1.51. The highest BCUT2D eigenvalue weighted by Gasteiger charge is 2.26. The molecule has 134 valence electrons. The average molecular weight is 419 g/mol. The number of ether oxygens (including phenoxy) is 1. The highest BCUT2D eigenvalue weighted by molar-refractivity contribution is 6.36. The molecule has 7 heteroatoms. The number of cyclic esters (lactones) is 1. The molecule has 0 N–H and O–H groups in total. The molecule has 0 atom stereocenters. The molecule has 0 fully saturated rings. The molecule has 0 spiro atoms. The molecule has 2 heterocycles. The zero-order chi connectivity index (χ0) is 19.0. The number of carbonyl (C=O) groups is 1. The molecule has 2 aromatic carbocycles. The largest absolute Gasteiger partial charge is 0.457 e. The molecule has 0 saturated carbocycles. The van der Waals surface area contributed by atoms with E-state index < -0.39 is 5.97 Å². The number of aliphatic imine (C=N–C) groups is 1. The monoisotopic (exact) mass is 417 g/mol. The lowest BCUT2D eigenvalue weighted by Crippen LogP contribution is -2.06. The molecule has 4 nitrogen and oxygen atoms in total. The van der Waals surface area contributed by atoms with Gasteiger partial charge in [-0.2, -0.15) is 0 Å². The van der Waals surface area contributed by atoms with Gasteiger partial charge in [-0.25, -0.2) is 9.79 Å². The van der Waals surface area contributed by atoms with Gasteiger partial charge >= 0.3 is 5.97 Å². The fourth-order valence-corrected chi connectivity index (χ4v) is 3.02. The van der Waals surface area contributed by atoms with E-state index in [1.54, 1.807) is 42.5 Å². The summed E-state index contributed by atoms with van der Waals surface area (Å²) in [5, 5.41) is 1.49. The van der Waals surface area contributed by atoms with E-state index in [9.17, 15) is 4.79 Å². The maximum atomic E-state index is 12.1. The summed E-state index contributed by atoms with van der Waals surface area (Å²) in [6.45, 7) is 0. The van der Waals surface area contributed by atoms with Crippen LogP contribution in [0.3, 0.4) is 0 Å². The first kappa shape index (κ1) is 17.9. The van der Waals surface area contributed by atoms with E-state index in [1.165, 1.54) is 6.08 Å². The van der Waals surface area contributed by atoms with E-state index in [4.69, 9.17) is 44.0 Å². The van der Waals surface area contributed by atoms with Crippen LogP contribution < -0.4 is 0 Å². The van der Waals surface area contributed by atoms with Crippen LogP contribution in [0.25, 0.3) is 17.4 Å². The van der Waals surface area contributed by atoms with Gasteiger partial charge in [-0.15, -0.1) is 0 Å². The van der Waals surface area contributed by atoms with Gasteiger partial charge in [-0.05, 0) is 54.6 Å². The van der Waals surface area contributed by atoms with Gasteiger partial charge in [0.1, 0.15) is 11.5 Å². The first-order valence-corrected chi connectivity index (χ1v) is 8.97. The van der Waals surface area contributed by atoms with Crippen molar-refractivity contribution in [3.05, 3.63) is 86.7 Å². The van der Waals surface area contributed by atoms with Crippen LogP contribution in [-0.2, 0) is 9.53 Å². The van der Waals surface area contributed by atoms with Gasteiger partial charge in [0.25, 0.3) is 0 Å². The number of esters is 1. The molecule has 4 rings (SSSR count). The van der Waals surface area contributed by atoms with Crippen LogP contribution in [0.2, 0.25) is 15.1 Å². The normalized spacial score (nSPS) is 15.1. The molecule has 0 unspecified atom stereocenters. The lowest BCUT2D eigenvalue weighted by molar-refractivity contribution is -0.129. The minimum atomic E-state index is -0.592. The topological polar surface area (TPSA) is 51.8 Å². The van der Waals surface area contributed by atoms with Gasteiger partial charge in [-0.1, -0.05) is 34.8 Å². The fourth-order valence-electron chi connectivity index (χ4n) is 2.52. The quantitative estimate of drug-likeness (QED) is 0.373. The molecule has 1 aliphatic rings. The van der Waals surface area contributed by atoms with E-state index in [-0.39, 0.29) is 11.6 Å². The summed E-state index contributed by atoms with van der Waals surface area (Å²) in [4.78, 5) is 16.4. The van der Waals surface area contributed by atoms with E-state index in [0.717, 1.165) is 5.56 Å². The Hall–Kier alpha value is -2.53. The van der Waals surface area contributed by atoms with Crippen molar-refractivity contribution in [2.24, 2.45) is 4.99 Å². The number of nitrogens with zero attached hydrogens (tertiary/aromatic N) is 1. The number of hydrogen-bond donors (Lipinski definition) is 0. The molecular formula is C20H10Cl3NO3. The Morgan fingerprint density at radius 3 is 2.41 bits per heavy atom. The smallest absolute Gasteiger partial charge is 0.363 e. The molecule has 27 heavy (non-hydrogen) atoms. The van der Waals surface area contributed by atoms with Gasteiger partial charge in [0.2, 0.25) is 5.90 Å². The van der Waals surface area contributed by atoms with Crippen molar-refractivity contribution < 1.29 is 13.9 Å². The number of furan rings is 1. The van der Waals surface area contributed by atoms with Gasteiger partial charge in [0.15, 0.2) is 5.70 Å². The third-order valence-corrected chi connectivity index (χ3v) is 4.63. The van der Waals surface area contributed by atoms with Crippen LogP contribution in [0.1, 0.15) is 11.3 Å². The molecular weight excluding hydrogens is 409 g/mol. The highest BCUT2D eigenvalue weighted by atomic mass is 35.5. The Kier molecular flexibility index (Phi) is 4.79. The molecule has 0 radical (unpaired) electrons. The Morgan fingerprint density at radius 1 is 0.889 bits per heavy atom. The van der Waals surface area contributed by atoms with E-state index in [0.29, 0.717) is 32.2 Å². The van der Waals surface area contributed by atoms with Crippen LogP contribution in [0.4, 0.5) is 0 Å². The van der Waals surface area contributed by atoms with Crippen LogP contribution in [0.5, 0.6) is 0 Å². The molecule has 0 amide bonds. The zero-order valence-corrected chi connectivity index (χ0v) is 15.8. The van der Waals surface area contributed by atoms with Gasteiger partial charge in [0.05, 0.1) is 10.6 Å². The Labute approximate surface area is 169 Å². The first-order valence-electron chi connectivity index (χ1n) is 7.83. The van der Waals surface area contributed by atoms with Crippen molar-refractivity contribution >= 4 is 52.7 Å². The standard InChI is InChI=1S/C20H10Cl3NO3/c21-12-3-1-11(2-4-12)18-8-6-14(26-18)10-17-20(25)27-19(24-17)15-9-13(22)5-7-16(15)23/h1-10H. The summed E-state index contributed by atoms with van der Waals surface area (Å²) < 4.78 is 11.0. The van der Waals surface area contributed by atoms with Crippen LogP contribution >= 0.6 is 34.8 Å². The number of rotatable bonds is 3. The second-order valence-electron chi connectivity index (χ2n) is 5.67. The molecule has 1 aromatic heterocycles. The third kappa shape index (κ3) is 3.78. The Bertz CT molecular complexity index is 1100.